The zero-order valence-electron chi connectivity index (χ0n) is 11.2. The number of rotatable bonds is 3. The van der Waals surface area contributed by atoms with E-state index in [9.17, 15) is 4.79 Å². The van der Waals surface area contributed by atoms with Gasteiger partial charge in [0.15, 0.2) is 5.78 Å². The fourth-order valence-electron chi connectivity index (χ4n) is 2.23. The maximum Gasteiger partial charge on any atom is 0.180 e. The van der Waals surface area contributed by atoms with Crippen LogP contribution in [0.4, 0.5) is 0 Å². The lowest BCUT2D eigenvalue weighted by Crippen LogP contribution is -2.20. The number of carbonyl (C=O) groups is 1. The van der Waals surface area contributed by atoms with Gasteiger partial charge in [-0.1, -0.05) is 31.5 Å². The van der Waals surface area contributed by atoms with Crippen molar-refractivity contribution in [3.8, 4) is 6.07 Å². The summed E-state index contributed by atoms with van der Waals surface area (Å²) in [4.78, 5) is 12.3. The van der Waals surface area contributed by atoms with Gasteiger partial charge in [0.25, 0.3) is 0 Å². The molecule has 0 saturated heterocycles. The minimum Gasteiger partial charge on any atom is -0.293 e. The van der Waals surface area contributed by atoms with Crippen LogP contribution in [0.25, 0.3) is 0 Å². The second kappa shape index (κ2) is 5.14. The molecule has 0 N–H and O–H groups in total. The van der Waals surface area contributed by atoms with Crippen LogP contribution in [-0.4, -0.2) is 5.78 Å². The average molecular weight is 229 g/mol. The van der Waals surface area contributed by atoms with Gasteiger partial charge in [-0.25, -0.2) is 0 Å². The summed E-state index contributed by atoms with van der Waals surface area (Å²) in [5.41, 5.74) is 3.80. The molecule has 0 radical (unpaired) electrons. The molecule has 2 heteroatoms. The van der Waals surface area contributed by atoms with Crippen molar-refractivity contribution in [1.82, 2.24) is 0 Å². The van der Waals surface area contributed by atoms with E-state index in [-0.39, 0.29) is 11.7 Å². The van der Waals surface area contributed by atoms with E-state index in [2.05, 4.69) is 6.07 Å². The molecule has 1 aromatic rings. The maximum atomic E-state index is 12.3. The molecule has 0 heterocycles. The first kappa shape index (κ1) is 13.4. The van der Waals surface area contributed by atoms with Crippen LogP contribution in [0.2, 0.25) is 0 Å². The SMILES string of the molecule is Cc1cc(C)c(C(=O)C(C#N)C(C)C)c(C)c1. The van der Waals surface area contributed by atoms with E-state index in [1.807, 2.05) is 46.8 Å². The van der Waals surface area contributed by atoms with Crippen LogP contribution in [0, 0.1) is 43.9 Å². The minimum atomic E-state index is -0.546. The maximum absolute atomic E-state index is 12.3. The van der Waals surface area contributed by atoms with Gasteiger partial charge in [0.1, 0.15) is 5.92 Å². The molecule has 0 aliphatic rings. The number of nitrogens with zero attached hydrogens (tertiary/aromatic N) is 1. The monoisotopic (exact) mass is 229 g/mol. The summed E-state index contributed by atoms with van der Waals surface area (Å²) in [5.74, 6) is -0.541. The van der Waals surface area contributed by atoms with Crippen molar-refractivity contribution in [3.63, 3.8) is 0 Å². The average Bonchev–Trinajstić information content (AvgIpc) is 2.15. The van der Waals surface area contributed by atoms with Gasteiger partial charge >= 0.3 is 0 Å². The zero-order valence-corrected chi connectivity index (χ0v) is 11.2. The number of nitriles is 1. The molecule has 1 atom stereocenters. The Labute approximate surface area is 103 Å². The molecule has 0 aliphatic carbocycles. The van der Waals surface area contributed by atoms with Crippen molar-refractivity contribution in [2.24, 2.45) is 11.8 Å². The molecule has 0 spiro atoms. The lowest BCUT2D eigenvalue weighted by atomic mass is 9.85. The van der Waals surface area contributed by atoms with Crippen molar-refractivity contribution in [2.75, 3.05) is 0 Å². The molecule has 0 saturated carbocycles. The molecule has 1 rings (SSSR count). The number of benzene rings is 1. The van der Waals surface area contributed by atoms with E-state index < -0.39 is 5.92 Å². The first-order valence-electron chi connectivity index (χ1n) is 5.90. The number of ketones is 1. The molecule has 2 nitrogen and oxygen atoms in total. The van der Waals surface area contributed by atoms with Crippen molar-refractivity contribution in [1.29, 1.82) is 5.26 Å². The van der Waals surface area contributed by atoms with E-state index in [1.165, 1.54) is 0 Å². The molecular weight excluding hydrogens is 210 g/mol. The normalized spacial score (nSPS) is 12.3. The Balaban J connectivity index is 3.26. The van der Waals surface area contributed by atoms with Crippen LogP contribution < -0.4 is 0 Å². The summed E-state index contributed by atoms with van der Waals surface area (Å²) in [6.07, 6.45) is 0. The number of hydrogen-bond acceptors (Lipinski definition) is 2. The minimum absolute atomic E-state index is 0.0440. The predicted molar refractivity (Wildman–Crippen MR) is 68.9 cm³/mol. The topological polar surface area (TPSA) is 40.9 Å². The van der Waals surface area contributed by atoms with E-state index in [0.717, 1.165) is 22.3 Å². The number of Topliss-reactive ketones (excluding diaryl/α,β-unsaturated/α-hetero) is 1. The molecule has 90 valence electrons. The Morgan fingerprint density at radius 2 is 1.65 bits per heavy atom. The third kappa shape index (κ3) is 2.74. The van der Waals surface area contributed by atoms with Gasteiger partial charge in [-0.05, 0) is 37.8 Å². The van der Waals surface area contributed by atoms with Crippen molar-refractivity contribution in [3.05, 3.63) is 34.4 Å². The first-order chi connectivity index (χ1) is 7.88. The highest BCUT2D eigenvalue weighted by molar-refractivity contribution is 6.02. The van der Waals surface area contributed by atoms with Gasteiger partial charge in [-0.15, -0.1) is 0 Å². The highest BCUT2D eigenvalue weighted by atomic mass is 16.1. The van der Waals surface area contributed by atoms with Crippen LogP contribution in [0.15, 0.2) is 12.1 Å². The molecule has 0 fully saturated rings. The molecule has 0 bridgehead atoms. The highest BCUT2D eigenvalue weighted by Gasteiger charge is 2.25. The van der Waals surface area contributed by atoms with Gasteiger partial charge < -0.3 is 0 Å². The summed E-state index contributed by atoms with van der Waals surface area (Å²) in [6, 6.07) is 6.11. The molecule has 1 aromatic carbocycles. The molecule has 17 heavy (non-hydrogen) atoms. The first-order valence-corrected chi connectivity index (χ1v) is 5.90. The van der Waals surface area contributed by atoms with Gasteiger partial charge in [0, 0.05) is 5.56 Å². The quantitative estimate of drug-likeness (QED) is 0.743. The molecule has 1 unspecified atom stereocenters. The lowest BCUT2D eigenvalue weighted by molar-refractivity contribution is 0.0923. The summed E-state index contributed by atoms with van der Waals surface area (Å²) >= 11 is 0. The standard InChI is InChI=1S/C15H19NO/c1-9(2)13(8-16)15(17)14-11(4)6-10(3)7-12(14)5/h6-7,9,13H,1-5H3. The van der Waals surface area contributed by atoms with Gasteiger partial charge in [-0.3, -0.25) is 4.79 Å². The van der Waals surface area contributed by atoms with Crippen molar-refractivity contribution >= 4 is 5.78 Å². The smallest absolute Gasteiger partial charge is 0.180 e. The number of hydrogen-bond donors (Lipinski definition) is 0. The summed E-state index contributed by atoms with van der Waals surface area (Å²) in [6.45, 7) is 9.69. The van der Waals surface area contributed by atoms with Crippen molar-refractivity contribution in [2.45, 2.75) is 34.6 Å². The van der Waals surface area contributed by atoms with E-state index >= 15 is 0 Å². The second-order valence-electron chi connectivity index (χ2n) is 4.99. The van der Waals surface area contributed by atoms with Crippen LogP contribution in [-0.2, 0) is 0 Å². The molecule has 0 aromatic heterocycles. The Morgan fingerprint density at radius 3 is 2.00 bits per heavy atom. The third-order valence-corrected chi connectivity index (χ3v) is 3.01. The largest absolute Gasteiger partial charge is 0.293 e. The van der Waals surface area contributed by atoms with Crippen LogP contribution in [0.1, 0.15) is 40.9 Å². The van der Waals surface area contributed by atoms with Crippen molar-refractivity contribution < 1.29 is 4.79 Å². The van der Waals surface area contributed by atoms with E-state index in [4.69, 9.17) is 5.26 Å². The van der Waals surface area contributed by atoms with E-state index in [1.54, 1.807) is 0 Å². The van der Waals surface area contributed by atoms with Gasteiger partial charge in [-0.2, -0.15) is 5.26 Å². The molecular formula is C15H19NO. The Hall–Kier alpha value is -1.62. The van der Waals surface area contributed by atoms with E-state index in [0.29, 0.717) is 0 Å². The summed E-state index contributed by atoms with van der Waals surface area (Å²) in [7, 11) is 0. The zero-order chi connectivity index (χ0) is 13.2. The number of aryl methyl sites for hydroxylation is 3. The summed E-state index contributed by atoms with van der Waals surface area (Å²) in [5, 5.41) is 9.09. The Kier molecular flexibility index (Phi) is 4.07. The lowest BCUT2D eigenvalue weighted by Gasteiger charge is -2.16. The van der Waals surface area contributed by atoms with Gasteiger partial charge in [0.05, 0.1) is 6.07 Å². The van der Waals surface area contributed by atoms with Gasteiger partial charge in [0.2, 0.25) is 0 Å². The molecule has 0 amide bonds. The van der Waals surface area contributed by atoms with Crippen LogP contribution in [0.3, 0.4) is 0 Å². The third-order valence-electron chi connectivity index (χ3n) is 3.01. The Bertz CT molecular complexity index is 457. The summed E-state index contributed by atoms with van der Waals surface area (Å²) < 4.78 is 0. The Morgan fingerprint density at radius 1 is 1.18 bits per heavy atom. The van der Waals surface area contributed by atoms with Crippen LogP contribution >= 0.6 is 0 Å². The van der Waals surface area contributed by atoms with Crippen LogP contribution in [0.5, 0.6) is 0 Å². The fourth-order valence-corrected chi connectivity index (χ4v) is 2.23. The fraction of sp³-hybridized carbons (Fsp3) is 0.467. The predicted octanol–water partition coefficient (Wildman–Crippen LogP) is 3.59. The highest BCUT2D eigenvalue weighted by Crippen LogP contribution is 2.23. The molecule has 0 aliphatic heterocycles. The second-order valence-corrected chi connectivity index (χ2v) is 4.99. The number of carbonyl (C=O) groups excluding carboxylic acids is 1.